The number of carbonyl (C=O) groups excluding carboxylic acids is 2. The molecule has 2 heterocycles. The normalized spacial score (nSPS) is 18.2. The topological polar surface area (TPSA) is 49.4 Å². The number of amides is 2. The van der Waals surface area contributed by atoms with E-state index < -0.39 is 0 Å². The number of thioether (sulfide) groups is 1. The molecule has 0 aliphatic carbocycles. The van der Waals surface area contributed by atoms with Gasteiger partial charge in [-0.15, -0.1) is 11.3 Å². The molecule has 0 spiro atoms. The second-order valence-corrected chi connectivity index (χ2v) is 7.59. The number of piperidine rings is 1. The molecule has 0 bridgehead atoms. The molecule has 1 aromatic heterocycles. The summed E-state index contributed by atoms with van der Waals surface area (Å²) in [6, 6.07) is 4.20. The van der Waals surface area contributed by atoms with E-state index in [-0.39, 0.29) is 17.7 Å². The predicted molar refractivity (Wildman–Crippen MR) is 93.1 cm³/mol. The molecule has 1 aliphatic rings. The molecule has 1 saturated heterocycles. The molecule has 22 heavy (non-hydrogen) atoms. The molecule has 0 aromatic carbocycles. The van der Waals surface area contributed by atoms with E-state index in [1.807, 2.05) is 23.6 Å². The summed E-state index contributed by atoms with van der Waals surface area (Å²) >= 11 is 3.61. The van der Waals surface area contributed by atoms with Gasteiger partial charge < -0.3 is 10.2 Å². The van der Waals surface area contributed by atoms with Gasteiger partial charge in [-0.3, -0.25) is 9.59 Å². The zero-order valence-electron chi connectivity index (χ0n) is 13.0. The second-order valence-electron chi connectivity index (χ2n) is 5.46. The standard InChI is InChI=1S/C16H24N2O2S2/c1-2-15(19)18-8-3-5-13(11-18)16(20)17-7-10-21-12-14-6-4-9-22-14/h4,6,9,13H,2-3,5,7-8,10-12H2,1H3,(H,17,20). The zero-order valence-corrected chi connectivity index (χ0v) is 14.7. The summed E-state index contributed by atoms with van der Waals surface area (Å²) in [7, 11) is 0. The highest BCUT2D eigenvalue weighted by atomic mass is 32.2. The highest BCUT2D eigenvalue weighted by Gasteiger charge is 2.27. The van der Waals surface area contributed by atoms with Crippen molar-refractivity contribution >= 4 is 34.9 Å². The van der Waals surface area contributed by atoms with Crippen molar-refractivity contribution in [1.82, 2.24) is 10.2 Å². The van der Waals surface area contributed by atoms with Gasteiger partial charge in [0.15, 0.2) is 0 Å². The molecule has 1 unspecified atom stereocenters. The summed E-state index contributed by atoms with van der Waals surface area (Å²) in [6.45, 7) is 3.96. The van der Waals surface area contributed by atoms with E-state index in [2.05, 4.69) is 22.8 Å². The third-order valence-electron chi connectivity index (χ3n) is 3.82. The maximum absolute atomic E-state index is 12.2. The third kappa shape index (κ3) is 5.32. The summed E-state index contributed by atoms with van der Waals surface area (Å²) in [4.78, 5) is 27.1. The minimum atomic E-state index is -0.0356. The van der Waals surface area contributed by atoms with Crippen molar-refractivity contribution in [2.24, 2.45) is 5.92 Å². The number of nitrogens with zero attached hydrogens (tertiary/aromatic N) is 1. The summed E-state index contributed by atoms with van der Waals surface area (Å²) in [5, 5.41) is 5.10. The Morgan fingerprint density at radius 2 is 2.36 bits per heavy atom. The van der Waals surface area contributed by atoms with Crippen LogP contribution in [-0.2, 0) is 15.3 Å². The third-order valence-corrected chi connectivity index (χ3v) is 5.88. The van der Waals surface area contributed by atoms with Crippen LogP contribution in [0.4, 0.5) is 0 Å². The van der Waals surface area contributed by atoms with E-state index in [4.69, 9.17) is 0 Å². The Labute approximate surface area is 140 Å². The van der Waals surface area contributed by atoms with Crippen molar-refractivity contribution in [3.05, 3.63) is 22.4 Å². The minimum absolute atomic E-state index is 0.0356. The van der Waals surface area contributed by atoms with Crippen LogP contribution in [0.15, 0.2) is 17.5 Å². The van der Waals surface area contributed by atoms with Gasteiger partial charge in [0, 0.05) is 42.4 Å². The van der Waals surface area contributed by atoms with Crippen LogP contribution in [0.3, 0.4) is 0 Å². The van der Waals surface area contributed by atoms with Crippen molar-refractivity contribution in [3.63, 3.8) is 0 Å². The Bertz CT molecular complexity index is 477. The van der Waals surface area contributed by atoms with Crippen molar-refractivity contribution in [1.29, 1.82) is 0 Å². The molecule has 6 heteroatoms. The van der Waals surface area contributed by atoms with Gasteiger partial charge in [0.1, 0.15) is 0 Å². The number of carbonyl (C=O) groups is 2. The number of rotatable bonds is 7. The number of hydrogen-bond acceptors (Lipinski definition) is 4. The van der Waals surface area contributed by atoms with Crippen LogP contribution in [0.5, 0.6) is 0 Å². The first-order valence-electron chi connectivity index (χ1n) is 7.86. The van der Waals surface area contributed by atoms with Gasteiger partial charge in [-0.25, -0.2) is 0 Å². The quantitative estimate of drug-likeness (QED) is 0.777. The Kier molecular flexibility index (Phi) is 7.25. The highest BCUT2D eigenvalue weighted by molar-refractivity contribution is 7.98. The molecule has 0 radical (unpaired) electrons. The van der Waals surface area contributed by atoms with Gasteiger partial charge >= 0.3 is 0 Å². The van der Waals surface area contributed by atoms with Gasteiger partial charge in [-0.05, 0) is 24.3 Å². The van der Waals surface area contributed by atoms with Crippen LogP contribution in [0.2, 0.25) is 0 Å². The fourth-order valence-corrected chi connectivity index (χ4v) is 4.30. The molecule has 1 N–H and O–H groups in total. The molecular formula is C16H24N2O2S2. The maximum atomic E-state index is 12.2. The van der Waals surface area contributed by atoms with Crippen molar-refractivity contribution in [2.75, 3.05) is 25.4 Å². The summed E-state index contributed by atoms with van der Waals surface area (Å²) in [6.07, 6.45) is 2.34. The fraction of sp³-hybridized carbons (Fsp3) is 0.625. The summed E-state index contributed by atoms with van der Waals surface area (Å²) < 4.78 is 0. The lowest BCUT2D eigenvalue weighted by Gasteiger charge is -2.31. The molecule has 4 nitrogen and oxygen atoms in total. The Morgan fingerprint density at radius 1 is 1.50 bits per heavy atom. The first-order chi connectivity index (χ1) is 10.7. The largest absolute Gasteiger partial charge is 0.355 e. The first-order valence-corrected chi connectivity index (χ1v) is 9.89. The zero-order chi connectivity index (χ0) is 15.8. The first kappa shape index (κ1) is 17.3. The monoisotopic (exact) mass is 340 g/mol. The smallest absolute Gasteiger partial charge is 0.224 e. The lowest BCUT2D eigenvalue weighted by Crippen LogP contribution is -2.45. The predicted octanol–water partition coefficient (Wildman–Crippen LogP) is 2.75. The molecule has 1 atom stereocenters. The van der Waals surface area contributed by atoms with Gasteiger partial charge in [0.2, 0.25) is 11.8 Å². The van der Waals surface area contributed by atoms with Crippen LogP contribution >= 0.6 is 23.1 Å². The molecule has 1 aliphatic heterocycles. The van der Waals surface area contributed by atoms with Crippen LogP contribution in [-0.4, -0.2) is 42.1 Å². The number of nitrogens with one attached hydrogen (secondary N) is 1. The van der Waals surface area contributed by atoms with Crippen molar-refractivity contribution in [3.8, 4) is 0 Å². The number of thiophene rings is 1. The minimum Gasteiger partial charge on any atom is -0.355 e. The molecule has 0 saturated carbocycles. The van der Waals surface area contributed by atoms with E-state index in [1.165, 1.54) is 4.88 Å². The molecular weight excluding hydrogens is 316 g/mol. The Morgan fingerprint density at radius 3 is 3.09 bits per heavy atom. The highest BCUT2D eigenvalue weighted by Crippen LogP contribution is 2.18. The Balaban J connectivity index is 1.63. The van der Waals surface area contributed by atoms with Crippen molar-refractivity contribution in [2.45, 2.75) is 31.9 Å². The van der Waals surface area contributed by atoms with Gasteiger partial charge in [-0.2, -0.15) is 11.8 Å². The van der Waals surface area contributed by atoms with Crippen LogP contribution in [0.1, 0.15) is 31.1 Å². The number of hydrogen-bond donors (Lipinski definition) is 1. The lowest BCUT2D eigenvalue weighted by atomic mass is 9.97. The van der Waals surface area contributed by atoms with Crippen LogP contribution < -0.4 is 5.32 Å². The average molecular weight is 341 g/mol. The van der Waals surface area contributed by atoms with E-state index in [0.717, 1.165) is 30.9 Å². The van der Waals surface area contributed by atoms with Crippen LogP contribution in [0.25, 0.3) is 0 Å². The van der Waals surface area contributed by atoms with Gasteiger partial charge in [0.05, 0.1) is 5.92 Å². The number of likely N-dealkylation sites (tertiary alicyclic amines) is 1. The lowest BCUT2D eigenvalue weighted by molar-refractivity contribution is -0.135. The van der Waals surface area contributed by atoms with E-state index in [1.54, 1.807) is 11.3 Å². The molecule has 2 rings (SSSR count). The van der Waals surface area contributed by atoms with Crippen LogP contribution in [0, 0.1) is 5.92 Å². The SMILES string of the molecule is CCC(=O)N1CCCC(C(=O)NCCSCc2cccs2)C1. The van der Waals surface area contributed by atoms with E-state index in [0.29, 0.717) is 19.5 Å². The molecule has 1 aromatic rings. The second kappa shape index (κ2) is 9.20. The average Bonchev–Trinajstić information content (AvgIpc) is 3.07. The summed E-state index contributed by atoms with van der Waals surface area (Å²) in [5.74, 6) is 2.16. The van der Waals surface area contributed by atoms with Gasteiger partial charge in [-0.1, -0.05) is 13.0 Å². The molecule has 2 amide bonds. The summed E-state index contributed by atoms with van der Waals surface area (Å²) in [5.41, 5.74) is 0. The van der Waals surface area contributed by atoms with E-state index in [9.17, 15) is 9.59 Å². The fourth-order valence-electron chi connectivity index (χ4n) is 2.60. The maximum Gasteiger partial charge on any atom is 0.224 e. The Hall–Kier alpha value is -1.01. The van der Waals surface area contributed by atoms with Gasteiger partial charge in [0.25, 0.3) is 0 Å². The molecule has 122 valence electrons. The van der Waals surface area contributed by atoms with E-state index >= 15 is 0 Å². The van der Waals surface area contributed by atoms with Crippen molar-refractivity contribution < 1.29 is 9.59 Å². The molecule has 1 fully saturated rings.